The molecule has 0 amide bonds. The number of carbonyl (C=O) groups is 2. The minimum atomic E-state index is -1.28. The fourth-order valence-electron chi connectivity index (χ4n) is 7.12. The third-order valence-electron chi connectivity index (χ3n) is 9.40. The number of hydrogen-bond donors (Lipinski definition) is 3. The van der Waals surface area contributed by atoms with Crippen molar-refractivity contribution < 1.29 is 77.0 Å². The molecule has 7 rings (SSSR count). The molecule has 49 heavy (non-hydrogen) atoms. The number of methoxy groups -OCH3 is 2. The summed E-state index contributed by atoms with van der Waals surface area (Å²) in [5, 5.41) is 29.7. The second-order valence-corrected chi connectivity index (χ2v) is 12.4. The van der Waals surface area contributed by atoms with Gasteiger partial charge < -0.3 is 67.4 Å². The summed E-state index contributed by atoms with van der Waals surface area (Å²) in [7, 11) is 2.75. The molecule has 2 aromatic carbocycles. The number of fused-ring (bicyclic) bond motifs is 4. The average molecular weight is 691 g/mol. The highest BCUT2D eigenvalue weighted by molar-refractivity contribution is 5.79. The number of cyclic esters (lactones) is 1. The molecule has 0 saturated carbocycles. The highest BCUT2D eigenvalue weighted by Crippen LogP contribution is 2.57. The molecule has 0 bridgehead atoms. The van der Waals surface area contributed by atoms with Crippen LogP contribution in [0.15, 0.2) is 24.3 Å². The summed E-state index contributed by atoms with van der Waals surface area (Å²) in [6.07, 6.45) is -6.21. The summed E-state index contributed by atoms with van der Waals surface area (Å²) in [6.45, 7) is 1.01. The first kappa shape index (κ1) is 33.6. The van der Waals surface area contributed by atoms with E-state index in [-0.39, 0.29) is 49.8 Å². The number of ether oxygens (including phenoxy) is 11. The predicted octanol–water partition coefficient (Wildman–Crippen LogP) is 1.53. The zero-order chi connectivity index (χ0) is 34.4. The molecule has 0 spiro atoms. The molecular weight excluding hydrogens is 652 g/mol. The van der Waals surface area contributed by atoms with Gasteiger partial charge in [-0.3, -0.25) is 4.79 Å². The van der Waals surface area contributed by atoms with Crippen molar-refractivity contribution in [3.8, 4) is 28.7 Å². The van der Waals surface area contributed by atoms with Crippen molar-refractivity contribution in [1.82, 2.24) is 0 Å². The third-order valence-corrected chi connectivity index (χ3v) is 9.40. The fraction of sp³-hybridized carbons (Fsp3) is 0.576. The van der Waals surface area contributed by atoms with Crippen molar-refractivity contribution in [2.75, 3.05) is 47.4 Å². The topological polar surface area (TPSA) is 196 Å². The molecule has 1 aliphatic carbocycles. The lowest BCUT2D eigenvalue weighted by atomic mass is 9.66. The molecule has 266 valence electrons. The van der Waals surface area contributed by atoms with Gasteiger partial charge in [-0.15, -0.1) is 0 Å². The number of carbonyl (C=O) groups excluding carboxylic acids is 2. The van der Waals surface area contributed by atoms with E-state index in [1.165, 1.54) is 14.2 Å². The Hall–Kier alpha value is -3.90. The molecule has 2 aromatic rings. The molecule has 10 atom stereocenters. The van der Waals surface area contributed by atoms with Crippen LogP contribution in [0.3, 0.4) is 0 Å². The summed E-state index contributed by atoms with van der Waals surface area (Å²) in [5.74, 6) is -1.32. The largest absolute Gasteiger partial charge is 0.514 e. The molecular formula is C33H38O16. The van der Waals surface area contributed by atoms with Gasteiger partial charge in [0, 0.05) is 18.3 Å². The average Bonchev–Trinajstić information content (AvgIpc) is 3.72. The summed E-state index contributed by atoms with van der Waals surface area (Å²) in [5.41, 5.74) is 1.92. The number of esters is 1. The highest BCUT2D eigenvalue weighted by Gasteiger charge is 2.55. The maximum atomic E-state index is 13.6. The Bertz CT molecular complexity index is 1540. The van der Waals surface area contributed by atoms with E-state index in [1.807, 2.05) is 6.07 Å². The van der Waals surface area contributed by atoms with E-state index in [9.17, 15) is 19.8 Å². The van der Waals surface area contributed by atoms with Gasteiger partial charge >= 0.3 is 12.1 Å². The van der Waals surface area contributed by atoms with Crippen molar-refractivity contribution in [2.24, 2.45) is 11.8 Å². The molecule has 5 aliphatic rings. The molecule has 16 heteroatoms. The van der Waals surface area contributed by atoms with Gasteiger partial charge in [-0.05, 0) is 47.9 Å². The van der Waals surface area contributed by atoms with Crippen LogP contribution in [0.4, 0.5) is 4.79 Å². The third kappa shape index (κ3) is 6.33. The second-order valence-electron chi connectivity index (χ2n) is 12.4. The maximum absolute atomic E-state index is 13.6. The molecule has 3 saturated heterocycles. The van der Waals surface area contributed by atoms with Crippen molar-refractivity contribution in [2.45, 2.75) is 62.4 Å². The summed E-state index contributed by atoms with van der Waals surface area (Å²) < 4.78 is 62.8. The van der Waals surface area contributed by atoms with E-state index in [0.29, 0.717) is 28.2 Å². The quantitative estimate of drug-likeness (QED) is 0.253. The molecule has 16 nitrogen and oxygen atoms in total. The molecule has 9 unspecified atom stereocenters. The first-order valence-electron chi connectivity index (χ1n) is 15.9. The molecule has 0 radical (unpaired) electrons. The number of aliphatic hydroxyl groups is 3. The number of hydrogen-bond acceptors (Lipinski definition) is 16. The Labute approximate surface area is 280 Å². The maximum Gasteiger partial charge on any atom is 0.514 e. The minimum Gasteiger partial charge on any atom is -0.493 e. The van der Waals surface area contributed by atoms with Crippen molar-refractivity contribution >= 4 is 12.1 Å². The van der Waals surface area contributed by atoms with E-state index in [0.717, 1.165) is 0 Å². The first-order valence-corrected chi connectivity index (χ1v) is 15.9. The van der Waals surface area contributed by atoms with Crippen LogP contribution in [-0.4, -0.2) is 112 Å². The van der Waals surface area contributed by atoms with Gasteiger partial charge in [0.1, 0.15) is 24.9 Å². The summed E-state index contributed by atoms with van der Waals surface area (Å²) in [4.78, 5) is 26.0. The lowest BCUT2D eigenvalue weighted by Gasteiger charge is -2.45. The monoisotopic (exact) mass is 690 g/mol. The van der Waals surface area contributed by atoms with Crippen molar-refractivity contribution in [3.63, 3.8) is 0 Å². The van der Waals surface area contributed by atoms with Crippen LogP contribution in [0.2, 0.25) is 0 Å². The SMILES string of the molecule is COc1cc(C2c3cc4c(cc3C(OC3OC5COC(C)OC5CC3O)C3COC(=O)[C@H]23)OCO4)cc(OC)c1OC(=O)OCC(O)CO. The van der Waals surface area contributed by atoms with E-state index >= 15 is 0 Å². The Morgan fingerprint density at radius 1 is 0.980 bits per heavy atom. The molecule has 4 heterocycles. The Morgan fingerprint density at radius 3 is 2.39 bits per heavy atom. The van der Waals surface area contributed by atoms with Crippen LogP contribution in [0, 0.1) is 11.8 Å². The van der Waals surface area contributed by atoms with Gasteiger partial charge in [0.15, 0.2) is 35.6 Å². The van der Waals surface area contributed by atoms with Crippen LogP contribution in [0.25, 0.3) is 0 Å². The van der Waals surface area contributed by atoms with Gasteiger partial charge in [0.05, 0.1) is 52.2 Å². The lowest BCUT2D eigenvalue weighted by Crippen LogP contribution is -2.55. The Morgan fingerprint density at radius 2 is 1.69 bits per heavy atom. The normalized spacial score (nSPS) is 31.9. The van der Waals surface area contributed by atoms with Crippen LogP contribution in [0.1, 0.15) is 42.1 Å². The number of rotatable bonds is 9. The van der Waals surface area contributed by atoms with Crippen LogP contribution < -0.4 is 23.7 Å². The molecule has 3 N–H and O–H groups in total. The van der Waals surface area contributed by atoms with Crippen molar-refractivity contribution in [3.05, 3.63) is 41.0 Å². The second kappa shape index (κ2) is 13.8. The first-order chi connectivity index (χ1) is 23.7. The molecule has 3 fully saturated rings. The number of aliphatic hydroxyl groups excluding tert-OH is 3. The smallest absolute Gasteiger partial charge is 0.493 e. The summed E-state index contributed by atoms with van der Waals surface area (Å²) in [6, 6.07) is 6.85. The van der Waals surface area contributed by atoms with Crippen LogP contribution in [-0.2, 0) is 33.2 Å². The van der Waals surface area contributed by atoms with Crippen molar-refractivity contribution in [1.29, 1.82) is 0 Å². The Kier molecular flexibility index (Phi) is 9.45. The van der Waals surface area contributed by atoms with E-state index in [4.69, 9.17) is 57.2 Å². The van der Waals surface area contributed by atoms with Crippen LogP contribution in [0.5, 0.6) is 28.7 Å². The van der Waals surface area contributed by atoms with Gasteiger partial charge in [-0.2, -0.15) is 0 Å². The standard InChI is InChI=1S/C33H38O16/c1-14-41-12-26-23(46-14)8-20(36)32(47-26)48-29-18-7-22-21(44-13-45-22)6-17(18)27(28-19(29)11-42-31(28)37)15-4-24(39-2)30(25(5-15)40-3)49-33(38)43-10-16(35)9-34/h4-7,14,16,19-20,23,26-29,32,34-36H,8-13H2,1-3H3/t14?,16?,19?,20?,23?,26?,27?,28-,29?,32?/m0/s1. The fourth-order valence-corrected chi connectivity index (χ4v) is 7.12. The summed E-state index contributed by atoms with van der Waals surface area (Å²) >= 11 is 0. The van der Waals surface area contributed by atoms with E-state index in [1.54, 1.807) is 25.1 Å². The predicted molar refractivity (Wildman–Crippen MR) is 160 cm³/mol. The Balaban J connectivity index is 1.26. The van der Waals surface area contributed by atoms with E-state index in [2.05, 4.69) is 0 Å². The van der Waals surface area contributed by atoms with Gasteiger partial charge in [0.2, 0.25) is 12.5 Å². The van der Waals surface area contributed by atoms with Gasteiger partial charge in [0.25, 0.3) is 0 Å². The van der Waals surface area contributed by atoms with E-state index < -0.39 is 80.1 Å². The zero-order valence-corrected chi connectivity index (χ0v) is 27.0. The van der Waals surface area contributed by atoms with Gasteiger partial charge in [-0.1, -0.05) is 0 Å². The highest BCUT2D eigenvalue weighted by atomic mass is 16.8. The lowest BCUT2D eigenvalue weighted by molar-refractivity contribution is -0.340. The van der Waals surface area contributed by atoms with Crippen LogP contribution >= 0.6 is 0 Å². The minimum absolute atomic E-state index is 0.00830. The number of benzene rings is 2. The van der Waals surface area contributed by atoms with Gasteiger partial charge in [-0.25, -0.2) is 4.79 Å². The molecule has 4 aliphatic heterocycles. The molecule has 0 aromatic heterocycles. The zero-order valence-electron chi connectivity index (χ0n) is 27.0.